The van der Waals surface area contributed by atoms with E-state index in [2.05, 4.69) is 11.1 Å². The number of esters is 1. The molecule has 0 radical (unpaired) electrons. The Bertz CT molecular complexity index is 1050. The Morgan fingerprint density at radius 2 is 1.70 bits per heavy atom. The number of nitrogens with two attached hydrogens (primary N) is 1. The third-order valence-electron chi connectivity index (χ3n) is 4.29. The second-order valence-electron chi connectivity index (χ2n) is 5.91. The maximum atomic E-state index is 11.7. The Morgan fingerprint density at radius 1 is 1.11 bits per heavy atom. The van der Waals surface area contributed by atoms with Gasteiger partial charge in [0.1, 0.15) is 17.5 Å². The zero-order valence-corrected chi connectivity index (χ0v) is 15.5. The van der Waals surface area contributed by atoms with Crippen LogP contribution in [0, 0.1) is 18.3 Å². The minimum atomic E-state index is -0.421. The van der Waals surface area contributed by atoms with E-state index in [1.54, 1.807) is 36.4 Å². The van der Waals surface area contributed by atoms with Crippen LogP contribution in [-0.2, 0) is 4.74 Å². The molecule has 0 aliphatic rings. The number of benzene rings is 2. The Hall–Kier alpha value is -3.36. The van der Waals surface area contributed by atoms with Crippen molar-refractivity contribution in [1.82, 2.24) is 4.98 Å². The molecule has 5 nitrogen and oxygen atoms in total. The molecule has 2 N–H and O–H groups in total. The zero-order valence-electron chi connectivity index (χ0n) is 14.8. The van der Waals surface area contributed by atoms with Crippen molar-refractivity contribution in [2.75, 3.05) is 12.8 Å². The molecule has 2 aromatic carbocycles. The summed E-state index contributed by atoms with van der Waals surface area (Å²) in [5, 5.41) is 10.2. The standard InChI is InChI=1S/C21H16ClN3O2/c1-12-18(13-3-5-15(6-4-13)21(26)27-2)17(11-23)20(24)25-19(12)14-7-9-16(22)10-8-14/h3-10H,1-2H3,(H2,24,25). The number of carbonyl (C=O) groups is 1. The van der Waals surface area contributed by atoms with Crippen LogP contribution >= 0.6 is 11.6 Å². The average Bonchev–Trinajstić information content (AvgIpc) is 2.69. The number of anilines is 1. The summed E-state index contributed by atoms with van der Waals surface area (Å²) in [5.41, 5.74) is 10.6. The van der Waals surface area contributed by atoms with Crippen molar-refractivity contribution in [2.45, 2.75) is 6.92 Å². The molecule has 0 unspecified atom stereocenters. The van der Waals surface area contributed by atoms with Gasteiger partial charge in [-0.05, 0) is 42.3 Å². The molecule has 1 heterocycles. The lowest BCUT2D eigenvalue weighted by molar-refractivity contribution is 0.0601. The summed E-state index contributed by atoms with van der Waals surface area (Å²) in [4.78, 5) is 16.1. The molecule has 0 aliphatic carbocycles. The van der Waals surface area contributed by atoms with Crippen LogP contribution < -0.4 is 5.73 Å². The van der Waals surface area contributed by atoms with Gasteiger partial charge in [0.05, 0.1) is 18.4 Å². The largest absolute Gasteiger partial charge is 0.465 e. The minimum absolute atomic E-state index is 0.153. The predicted molar refractivity (Wildman–Crippen MR) is 105 cm³/mol. The molecule has 0 bridgehead atoms. The molecule has 27 heavy (non-hydrogen) atoms. The first-order chi connectivity index (χ1) is 13.0. The number of halogens is 1. The minimum Gasteiger partial charge on any atom is -0.465 e. The summed E-state index contributed by atoms with van der Waals surface area (Å²) in [6, 6.07) is 16.2. The van der Waals surface area contributed by atoms with Gasteiger partial charge in [0.15, 0.2) is 0 Å². The van der Waals surface area contributed by atoms with E-state index in [1.165, 1.54) is 7.11 Å². The molecule has 0 aliphatic heterocycles. The third-order valence-corrected chi connectivity index (χ3v) is 4.54. The summed E-state index contributed by atoms with van der Waals surface area (Å²) in [6.45, 7) is 1.89. The maximum Gasteiger partial charge on any atom is 0.337 e. The monoisotopic (exact) mass is 377 g/mol. The van der Waals surface area contributed by atoms with E-state index in [0.29, 0.717) is 27.4 Å². The van der Waals surface area contributed by atoms with Crippen molar-refractivity contribution in [2.24, 2.45) is 0 Å². The number of nitrogen functional groups attached to an aromatic ring is 1. The van der Waals surface area contributed by atoms with E-state index in [9.17, 15) is 10.1 Å². The number of nitriles is 1. The molecule has 134 valence electrons. The lowest BCUT2D eigenvalue weighted by Crippen LogP contribution is -2.04. The molecule has 6 heteroatoms. The van der Waals surface area contributed by atoms with E-state index >= 15 is 0 Å². The summed E-state index contributed by atoms with van der Waals surface area (Å²) in [6.07, 6.45) is 0. The van der Waals surface area contributed by atoms with Crippen LogP contribution in [0.1, 0.15) is 21.5 Å². The van der Waals surface area contributed by atoms with Gasteiger partial charge in [-0.3, -0.25) is 0 Å². The van der Waals surface area contributed by atoms with Gasteiger partial charge < -0.3 is 10.5 Å². The van der Waals surface area contributed by atoms with Gasteiger partial charge in [-0.2, -0.15) is 5.26 Å². The highest BCUT2D eigenvalue weighted by atomic mass is 35.5. The average molecular weight is 378 g/mol. The number of methoxy groups -OCH3 is 1. The molecule has 0 atom stereocenters. The highest BCUT2D eigenvalue weighted by Gasteiger charge is 2.18. The van der Waals surface area contributed by atoms with Crippen LogP contribution in [0.25, 0.3) is 22.4 Å². The first-order valence-corrected chi connectivity index (χ1v) is 8.49. The molecule has 3 aromatic rings. The number of nitrogens with zero attached hydrogens (tertiary/aromatic N) is 2. The van der Waals surface area contributed by atoms with Crippen molar-refractivity contribution < 1.29 is 9.53 Å². The Kier molecular flexibility index (Phi) is 5.11. The van der Waals surface area contributed by atoms with Gasteiger partial charge in [-0.1, -0.05) is 35.9 Å². The molecular weight excluding hydrogens is 362 g/mol. The van der Waals surface area contributed by atoms with E-state index in [-0.39, 0.29) is 5.82 Å². The first-order valence-electron chi connectivity index (χ1n) is 8.11. The van der Waals surface area contributed by atoms with Crippen LogP contribution in [0.15, 0.2) is 48.5 Å². The van der Waals surface area contributed by atoms with E-state index < -0.39 is 5.97 Å². The molecule has 0 saturated heterocycles. The number of hydrogen-bond donors (Lipinski definition) is 1. The molecular formula is C21H16ClN3O2. The van der Waals surface area contributed by atoms with E-state index in [1.807, 2.05) is 19.1 Å². The van der Waals surface area contributed by atoms with Crippen molar-refractivity contribution in [1.29, 1.82) is 5.26 Å². The number of carbonyl (C=O) groups excluding carboxylic acids is 1. The maximum absolute atomic E-state index is 11.7. The van der Waals surface area contributed by atoms with Gasteiger partial charge in [0.25, 0.3) is 0 Å². The van der Waals surface area contributed by atoms with Crippen molar-refractivity contribution in [3.8, 4) is 28.5 Å². The summed E-state index contributed by atoms with van der Waals surface area (Å²) >= 11 is 5.97. The lowest BCUT2D eigenvalue weighted by Gasteiger charge is -2.15. The summed E-state index contributed by atoms with van der Waals surface area (Å²) in [7, 11) is 1.33. The molecule has 0 fully saturated rings. The predicted octanol–water partition coefficient (Wildman–Crippen LogP) is 4.62. The Labute approximate surface area is 162 Å². The molecule has 3 rings (SSSR count). The first kappa shape index (κ1) is 18.4. The second kappa shape index (κ2) is 7.48. The van der Waals surface area contributed by atoms with Gasteiger partial charge in [-0.15, -0.1) is 0 Å². The molecule has 0 amide bonds. The molecule has 0 saturated carbocycles. The normalized spacial score (nSPS) is 10.3. The van der Waals surface area contributed by atoms with Crippen LogP contribution in [0.3, 0.4) is 0 Å². The fourth-order valence-corrected chi connectivity index (χ4v) is 3.07. The third kappa shape index (κ3) is 3.48. The van der Waals surface area contributed by atoms with Gasteiger partial charge >= 0.3 is 5.97 Å². The topological polar surface area (TPSA) is 89.0 Å². The lowest BCUT2D eigenvalue weighted by atomic mass is 9.92. The number of aromatic nitrogens is 1. The van der Waals surface area contributed by atoms with Crippen molar-refractivity contribution in [3.63, 3.8) is 0 Å². The van der Waals surface area contributed by atoms with Crippen LogP contribution in [-0.4, -0.2) is 18.1 Å². The molecule has 0 spiro atoms. The Morgan fingerprint density at radius 3 is 2.26 bits per heavy atom. The number of rotatable bonds is 3. The quantitative estimate of drug-likeness (QED) is 0.673. The van der Waals surface area contributed by atoms with Crippen LogP contribution in [0.4, 0.5) is 5.82 Å². The van der Waals surface area contributed by atoms with Gasteiger partial charge in [0.2, 0.25) is 0 Å². The fourth-order valence-electron chi connectivity index (χ4n) is 2.95. The van der Waals surface area contributed by atoms with Crippen LogP contribution in [0.5, 0.6) is 0 Å². The smallest absolute Gasteiger partial charge is 0.337 e. The van der Waals surface area contributed by atoms with Crippen molar-refractivity contribution >= 4 is 23.4 Å². The number of pyridine rings is 1. The number of ether oxygens (including phenoxy) is 1. The SMILES string of the molecule is COC(=O)c1ccc(-c2c(C)c(-c3ccc(Cl)cc3)nc(N)c2C#N)cc1. The van der Waals surface area contributed by atoms with Gasteiger partial charge in [0, 0.05) is 16.1 Å². The fraction of sp³-hybridized carbons (Fsp3) is 0.0952. The van der Waals surface area contributed by atoms with E-state index in [0.717, 1.165) is 16.7 Å². The summed E-state index contributed by atoms with van der Waals surface area (Å²) < 4.78 is 4.72. The van der Waals surface area contributed by atoms with Crippen LogP contribution in [0.2, 0.25) is 5.02 Å². The number of hydrogen-bond acceptors (Lipinski definition) is 5. The van der Waals surface area contributed by atoms with Crippen molar-refractivity contribution in [3.05, 3.63) is 70.2 Å². The zero-order chi connectivity index (χ0) is 19.6. The highest BCUT2D eigenvalue weighted by Crippen LogP contribution is 2.36. The van der Waals surface area contributed by atoms with Gasteiger partial charge in [-0.25, -0.2) is 9.78 Å². The molecule has 1 aromatic heterocycles. The van der Waals surface area contributed by atoms with E-state index in [4.69, 9.17) is 22.1 Å². The highest BCUT2D eigenvalue weighted by molar-refractivity contribution is 6.30. The second-order valence-corrected chi connectivity index (χ2v) is 6.34. The Balaban J connectivity index is 2.21. The summed E-state index contributed by atoms with van der Waals surface area (Å²) in [5.74, 6) is -0.269.